The Balaban J connectivity index is 1.58. The monoisotopic (exact) mass is 334 g/mol. The van der Waals surface area contributed by atoms with Crippen LogP contribution >= 0.6 is 0 Å². The third-order valence-electron chi connectivity index (χ3n) is 4.70. The quantitative estimate of drug-likeness (QED) is 0.568. The molecule has 2 heterocycles. The minimum Gasteiger partial charge on any atom is -0.491 e. The number of aliphatic hydroxyl groups excluding tert-OH is 1. The zero-order valence-corrected chi connectivity index (χ0v) is 14.3. The molecule has 1 fully saturated rings. The molecule has 1 atom stereocenters. The van der Waals surface area contributed by atoms with Crippen LogP contribution < -0.4 is 20.2 Å². The van der Waals surface area contributed by atoms with Crippen LogP contribution in [0.25, 0.3) is 11.0 Å². The molecule has 1 aliphatic heterocycles. The van der Waals surface area contributed by atoms with Gasteiger partial charge in [0, 0.05) is 17.5 Å². The number of rotatable bonds is 5. The predicted octanol–water partition coefficient (Wildman–Crippen LogP) is -1.75. The van der Waals surface area contributed by atoms with E-state index >= 15 is 0 Å². The number of aliphatic hydroxyl groups is 1. The molecule has 1 aromatic heterocycles. The van der Waals surface area contributed by atoms with Crippen LogP contribution in [0.1, 0.15) is 5.56 Å². The Morgan fingerprint density at radius 3 is 2.75 bits per heavy atom. The summed E-state index contributed by atoms with van der Waals surface area (Å²) in [6, 6.07) is 6.91. The fraction of sp³-hybridized carbons (Fsp3) is 0.500. The Labute approximate surface area is 141 Å². The fourth-order valence-electron chi connectivity index (χ4n) is 3.21. The van der Waals surface area contributed by atoms with Crippen molar-refractivity contribution >= 4 is 11.0 Å². The first-order valence-electron chi connectivity index (χ1n) is 8.51. The van der Waals surface area contributed by atoms with E-state index in [4.69, 9.17) is 9.15 Å². The number of hydrogen-bond acceptors (Lipinski definition) is 4. The van der Waals surface area contributed by atoms with Crippen LogP contribution in [0.3, 0.4) is 0 Å². The van der Waals surface area contributed by atoms with E-state index < -0.39 is 6.10 Å². The highest BCUT2D eigenvalue weighted by atomic mass is 16.5. The summed E-state index contributed by atoms with van der Waals surface area (Å²) in [4.78, 5) is 14.5. The summed E-state index contributed by atoms with van der Waals surface area (Å²) in [7, 11) is 2.20. The van der Waals surface area contributed by atoms with Crippen LogP contribution in [0.2, 0.25) is 0 Å². The average Bonchev–Trinajstić information content (AvgIpc) is 2.54. The van der Waals surface area contributed by atoms with Gasteiger partial charge in [-0.25, -0.2) is 4.79 Å². The highest BCUT2D eigenvalue weighted by Crippen LogP contribution is 2.22. The van der Waals surface area contributed by atoms with Crippen molar-refractivity contribution in [1.29, 1.82) is 0 Å². The molecule has 6 heteroatoms. The number of piperazine rings is 1. The van der Waals surface area contributed by atoms with Crippen LogP contribution in [0.4, 0.5) is 0 Å². The molecule has 24 heavy (non-hydrogen) atoms. The van der Waals surface area contributed by atoms with Crippen LogP contribution in [-0.2, 0) is 0 Å². The lowest BCUT2D eigenvalue weighted by atomic mass is 10.1. The predicted molar refractivity (Wildman–Crippen MR) is 90.9 cm³/mol. The largest absolute Gasteiger partial charge is 0.491 e. The smallest absolute Gasteiger partial charge is 0.336 e. The molecule has 2 aromatic rings. The first-order valence-corrected chi connectivity index (χ1v) is 8.51. The number of fused-ring (bicyclic) bond motifs is 1. The van der Waals surface area contributed by atoms with E-state index in [1.165, 1.54) is 11.0 Å². The molecule has 130 valence electrons. The second-order valence-electron chi connectivity index (χ2n) is 6.78. The van der Waals surface area contributed by atoms with Crippen molar-refractivity contribution in [1.82, 2.24) is 0 Å². The first-order chi connectivity index (χ1) is 11.5. The summed E-state index contributed by atoms with van der Waals surface area (Å²) >= 11 is 0. The van der Waals surface area contributed by atoms with Crippen molar-refractivity contribution in [3.05, 3.63) is 40.2 Å². The van der Waals surface area contributed by atoms with Crippen molar-refractivity contribution in [2.24, 2.45) is 0 Å². The number of nitrogens with one attached hydrogen (secondary N) is 2. The molecule has 0 bridgehead atoms. The van der Waals surface area contributed by atoms with Crippen molar-refractivity contribution in [2.75, 3.05) is 46.4 Å². The molecule has 1 aliphatic rings. The molecule has 3 N–H and O–H groups in total. The zero-order chi connectivity index (χ0) is 17.1. The summed E-state index contributed by atoms with van der Waals surface area (Å²) in [6.07, 6.45) is -0.501. The van der Waals surface area contributed by atoms with Crippen molar-refractivity contribution in [3.63, 3.8) is 0 Å². The molecule has 3 rings (SSSR count). The Bertz CT molecular complexity index is 750. The highest BCUT2D eigenvalue weighted by molar-refractivity contribution is 5.81. The summed E-state index contributed by atoms with van der Waals surface area (Å²) in [5.74, 6) is 0.605. The van der Waals surface area contributed by atoms with E-state index in [2.05, 4.69) is 7.05 Å². The number of aryl methyl sites for hydroxylation is 1. The average molecular weight is 334 g/mol. The minimum atomic E-state index is -0.501. The van der Waals surface area contributed by atoms with Gasteiger partial charge in [0.25, 0.3) is 0 Å². The summed E-state index contributed by atoms with van der Waals surface area (Å²) in [5.41, 5.74) is 1.03. The highest BCUT2D eigenvalue weighted by Gasteiger charge is 2.22. The van der Waals surface area contributed by atoms with Crippen LogP contribution in [0.5, 0.6) is 5.75 Å². The van der Waals surface area contributed by atoms with Gasteiger partial charge in [0.15, 0.2) is 0 Å². The summed E-state index contributed by atoms with van der Waals surface area (Å²) in [5, 5.41) is 11.1. The Morgan fingerprint density at radius 2 is 2.00 bits per heavy atom. The normalized spacial score (nSPS) is 22.5. The van der Waals surface area contributed by atoms with Gasteiger partial charge in [-0.15, -0.1) is 0 Å². The molecule has 1 aromatic carbocycles. The Morgan fingerprint density at radius 1 is 1.25 bits per heavy atom. The molecule has 0 unspecified atom stereocenters. The lowest BCUT2D eigenvalue weighted by molar-refractivity contribution is -1.00. The van der Waals surface area contributed by atoms with Gasteiger partial charge in [-0.3, -0.25) is 0 Å². The molecular weight excluding hydrogens is 308 g/mol. The van der Waals surface area contributed by atoms with Crippen LogP contribution in [-0.4, -0.2) is 57.6 Å². The van der Waals surface area contributed by atoms with E-state index in [1.807, 2.05) is 19.1 Å². The molecule has 0 amide bonds. The maximum Gasteiger partial charge on any atom is 0.336 e. The summed E-state index contributed by atoms with van der Waals surface area (Å²) in [6.45, 7) is 7.29. The van der Waals surface area contributed by atoms with Gasteiger partial charge in [0.2, 0.25) is 0 Å². The lowest BCUT2D eigenvalue weighted by Gasteiger charge is -2.28. The maximum absolute atomic E-state index is 11.5. The van der Waals surface area contributed by atoms with E-state index in [0.717, 1.165) is 37.1 Å². The van der Waals surface area contributed by atoms with Crippen LogP contribution in [0.15, 0.2) is 33.5 Å². The topological polar surface area (TPSA) is 68.5 Å². The third kappa shape index (κ3) is 4.14. The van der Waals surface area contributed by atoms with Gasteiger partial charge in [-0.05, 0) is 24.6 Å². The molecule has 6 nitrogen and oxygen atoms in total. The molecule has 1 saturated heterocycles. The Hall–Kier alpha value is -1.89. The minimum absolute atomic E-state index is 0.244. The number of likely N-dealkylation sites (N-methyl/N-ethyl adjacent to an activating group) is 1. The molecular formula is C18H26N2O4+2. The van der Waals surface area contributed by atoms with E-state index in [9.17, 15) is 9.90 Å². The van der Waals surface area contributed by atoms with Gasteiger partial charge in [0.1, 0.15) is 56.8 Å². The van der Waals surface area contributed by atoms with E-state index in [-0.39, 0.29) is 12.2 Å². The van der Waals surface area contributed by atoms with E-state index in [0.29, 0.717) is 17.9 Å². The number of hydrogen-bond donors (Lipinski definition) is 3. The standard InChI is InChI=1S/C18H24N2O4/c1-13-9-18(22)24-17-10-15(3-4-16(13)17)23-12-14(21)11-20-7-5-19(2)6-8-20/h3-4,9-10,14,21H,5-8,11-12H2,1-2H3/p+2/t14-/m1/s1. The third-order valence-corrected chi connectivity index (χ3v) is 4.70. The van der Waals surface area contributed by atoms with Crippen LogP contribution in [0, 0.1) is 6.92 Å². The van der Waals surface area contributed by atoms with Gasteiger partial charge in [-0.2, -0.15) is 0 Å². The number of ether oxygens (including phenoxy) is 1. The van der Waals surface area contributed by atoms with Crippen molar-refractivity contribution in [3.8, 4) is 5.75 Å². The number of quaternary nitrogens is 2. The lowest BCUT2D eigenvalue weighted by Crippen LogP contribution is -3.27. The fourth-order valence-corrected chi connectivity index (χ4v) is 3.21. The second kappa shape index (κ2) is 7.34. The van der Waals surface area contributed by atoms with E-state index in [1.54, 1.807) is 11.0 Å². The van der Waals surface area contributed by atoms with Gasteiger partial charge in [0.05, 0.1) is 7.05 Å². The molecule has 0 aliphatic carbocycles. The summed E-state index contributed by atoms with van der Waals surface area (Å²) < 4.78 is 10.9. The van der Waals surface area contributed by atoms with Crippen molar-refractivity contribution < 1.29 is 24.1 Å². The first kappa shape index (κ1) is 17.0. The molecule has 0 spiro atoms. The number of benzene rings is 1. The molecule has 0 saturated carbocycles. The Kier molecular flexibility index (Phi) is 5.18. The molecule has 0 radical (unpaired) electrons. The second-order valence-corrected chi connectivity index (χ2v) is 6.78. The maximum atomic E-state index is 11.5. The van der Waals surface area contributed by atoms with Crippen molar-refractivity contribution in [2.45, 2.75) is 13.0 Å². The zero-order valence-electron chi connectivity index (χ0n) is 14.3. The van der Waals surface area contributed by atoms with Gasteiger partial charge in [-0.1, -0.05) is 0 Å². The van der Waals surface area contributed by atoms with Gasteiger partial charge < -0.3 is 24.1 Å². The van der Waals surface area contributed by atoms with Gasteiger partial charge >= 0.3 is 5.63 Å². The SMILES string of the molecule is Cc1cc(=O)oc2cc(OC[C@H](O)C[NH+]3CC[NH+](C)CC3)ccc12.